The van der Waals surface area contributed by atoms with E-state index in [2.05, 4.69) is 53.7 Å². The van der Waals surface area contributed by atoms with Gasteiger partial charge in [-0.15, -0.1) is 5.10 Å². The fourth-order valence-electron chi connectivity index (χ4n) is 2.73. The highest BCUT2D eigenvalue weighted by atomic mass is 15.6. The van der Waals surface area contributed by atoms with Crippen LogP contribution in [0, 0.1) is 6.92 Å². The van der Waals surface area contributed by atoms with Crippen molar-refractivity contribution in [1.82, 2.24) is 10.4 Å². The molecule has 0 aliphatic carbocycles. The SMILES string of the molecule is CNCCC(c1ccc(C)c2ccccc12)N(N)/N=C(/C)N. The smallest absolute Gasteiger partial charge is 0.118 e. The molecule has 0 spiro atoms. The van der Waals surface area contributed by atoms with Gasteiger partial charge in [-0.3, -0.25) is 0 Å². The van der Waals surface area contributed by atoms with Crippen LogP contribution in [0.1, 0.15) is 30.5 Å². The molecule has 1 atom stereocenters. The highest BCUT2D eigenvalue weighted by Crippen LogP contribution is 2.31. The Bertz CT molecular complexity index is 661. The molecule has 0 aliphatic heterocycles. The molecule has 0 amide bonds. The Balaban J connectivity index is 2.51. The molecule has 0 saturated carbocycles. The van der Waals surface area contributed by atoms with Gasteiger partial charge in [0.1, 0.15) is 5.84 Å². The van der Waals surface area contributed by atoms with E-state index >= 15 is 0 Å². The summed E-state index contributed by atoms with van der Waals surface area (Å²) in [6.45, 7) is 4.71. The number of hydrogen-bond donors (Lipinski definition) is 3. The quantitative estimate of drug-likeness (QED) is 0.331. The summed E-state index contributed by atoms with van der Waals surface area (Å²) in [7, 11) is 1.93. The predicted molar refractivity (Wildman–Crippen MR) is 93.3 cm³/mol. The number of rotatable bonds is 6. The lowest BCUT2D eigenvalue weighted by Gasteiger charge is -2.27. The molecule has 0 bridgehead atoms. The lowest BCUT2D eigenvalue weighted by atomic mass is 9.94. The standard InChI is InChI=1S/C17H25N5/c1-12-8-9-16(15-7-5-4-6-14(12)15)17(10-11-20-3)22(19)21-13(2)18/h4-9,17,20H,10-11,19H2,1-3H3,(H2,18,21). The molecule has 0 heterocycles. The summed E-state index contributed by atoms with van der Waals surface area (Å²) in [5, 5.41) is 11.3. The number of fused-ring (bicyclic) bond motifs is 1. The van der Waals surface area contributed by atoms with Crippen LogP contribution in [0.25, 0.3) is 10.8 Å². The molecule has 2 aromatic rings. The van der Waals surface area contributed by atoms with Crippen molar-refractivity contribution in [2.24, 2.45) is 16.7 Å². The number of nitrogens with two attached hydrogens (primary N) is 2. The predicted octanol–water partition coefficient (Wildman–Crippen LogP) is 2.27. The van der Waals surface area contributed by atoms with Gasteiger partial charge in [0, 0.05) is 0 Å². The Morgan fingerprint density at radius 2 is 1.91 bits per heavy atom. The second-order valence-electron chi connectivity index (χ2n) is 5.55. The molecule has 5 nitrogen and oxygen atoms in total. The first-order valence-corrected chi connectivity index (χ1v) is 7.52. The molecule has 0 saturated heterocycles. The number of benzene rings is 2. The largest absolute Gasteiger partial charge is 0.386 e. The first-order valence-electron chi connectivity index (χ1n) is 7.52. The van der Waals surface area contributed by atoms with E-state index in [9.17, 15) is 0 Å². The molecule has 2 aromatic carbocycles. The van der Waals surface area contributed by atoms with E-state index in [4.69, 9.17) is 11.6 Å². The zero-order chi connectivity index (χ0) is 16.1. The normalized spacial score (nSPS) is 13.4. The van der Waals surface area contributed by atoms with Gasteiger partial charge in [-0.05, 0) is 55.8 Å². The molecule has 0 radical (unpaired) electrons. The van der Waals surface area contributed by atoms with E-state index in [-0.39, 0.29) is 6.04 Å². The third kappa shape index (κ3) is 3.55. The molecule has 5 heteroatoms. The summed E-state index contributed by atoms with van der Waals surface area (Å²) < 4.78 is 0. The number of nitrogens with one attached hydrogen (secondary N) is 1. The average molecular weight is 299 g/mol. The number of hydrazone groups is 1. The van der Waals surface area contributed by atoms with Crippen molar-refractivity contribution in [2.45, 2.75) is 26.3 Å². The molecule has 2 rings (SSSR count). The van der Waals surface area contributed by atoms with E-state index in [1.165, 1.54) is 27.0 Å². The van der Waals surface area contributed by atoms with E-state index < -0.39 is 0 Å². The van der Waals surface area contributed by atoms with E-state index in [1.807, 2.05) is 7.05 Å². The summed E-state index contributed by atoms with van der Waals surface area (Å²) in [4.78, 5) is 0. The zero-order valence-corrected chi connectivity index (χ0v) is 13.5. The highest BCUT2D eigenvalue weighted by molar-refractivity contribution is 5.89. The lowest BCUT2D eigenvalue weighted by Crippen LogP contribution is -2.34. The summed E-state index contributed by atoms with van der Waals surface area (Å²) >= 11 is 0. The van der Waals surface area contributed by atoms with Crippen LogP contribution in [0.4, 0.5) is 0 Å². The van der Waals surface area contributed by atoms with Crippen molar-refractivity contribution >= 4 is 16.6 Å². The molecule has 1 unspecified atom stereocenters. The third-order valence-corrected chi connectivity index (χ3v) is 3.80. The first-order chi connectivity index (χ1) is 10.5. The molecule has 0 aliphatic rings. The Labute approximate surface area is 131 Å². The topological polar surface area (TPSA) is 79.7 Å². The van der Waals surface area contributed by atoms with Gasteiger partial charge in [-0.1, -0.05) is 36.4 Å². The van der Waals surface area contributed by atoms with Crippen LogP contribution >= 0.6 is 0 Å². The van der Waals surface area contributed by atoms with Crippen molar-refractivity contribution in [3.05, 3.63) is 47.5 Å². The third-order valence-electron chi connectivity index (χ3n) is 3.80. The minimum Gasteiger partial charge on any atom is -0.386 e. The van der Waals surface area contributed by atoms with Gasteiger partial charge in [-0.25, -0.2) is 11.0 Å². The average Bonchev–Trinajstić information content (AvgIpc) is 2.49. The lowest BCUT2D eigenvalue weighted by molar-refractivity contribution is 0.201. The van der Waals surface area contributed by atoms with Crippen molar-refractivity contribution in [3.8, 4) is 0 Å². The monoisotopic (exact) mass is 299 g/mol. The Morgan fingerprint density at radius 3 is 2.55 bits per heavy atom. The van der Waals surface area contributed by atoms with Crippen molar-refractivity contribution in [1.29, 1.82) is 0 Å². The number of amidine groups is 1. The van der Waals surface area contributed by atoms with Crippen molar-refractivity contribution in [2.75, 3.05) is 13.6 Å². The van der Waals surface area contributed by atoms with Gasteiger partial charge in [0.05, 0.1) is 6.04 Å². The van der Waals surface area contributed by atoms with Crippen LogP contribution in [0.5, 0.6) is 0 Å². The molecule has 22 heavy (non-hydrogen) atoms. The number of nitrogens with zero attached hydrogens (tertiary/aromatic N) is 2. The second-order valence-corrected chi connectivity index (χ2v) is 5.55. The summed E-state index contributed by atoms with van der Waals surface area (Å²) in [5.74, 6) is 6.61. The summed E-state index contributed by atoms with van der Waals surface area (Å²) in [6, 6.07) is 12.6. The van der Waals surface area contributed by atoms with Gasteiger partial charge >= 0.3 is 0 Å². The molecule has 5 N–H and O–H groups in total. The Hall–Kier alpha value is -2.11. The first kappa shape index (κ1) is 16.3. The van der Waals surface area contributed by atoms with Crippen LogP contribution < -0.4 is 16.9 Å². The maximum atomic E-state index is 6.16. The summed E-state index contributed by atoms with van der Waals surface area (Å²) in [5.41, 5.74) is 8.12. The van der Waals surface area contributed by atoms with E-state index in [0.29, 0.717) is 5.84 Å². The van der Waals surface area contributed by atoms with Crippen LogP contribution in [0.2, 0.25) is 0 Å². The van der Waals surface area contributed by atoms with Gasteiger partial charge in [0.25, 0.3) is 0 Å². The Morgan fingerprint density at radius 1 is 1.23 bits per heavy atom. The molecular formula is C17H25N5. The van der Waals surface area contributed by atoms with Gasteiger partial charge < -0.3 is 11.1 Å². The fraction of sp³-hybridized carbons (Fsp3) is 0.353. The van der Waals surface area contributed by atoms with Crippen molar-refractivity contribution in [3.63, 3.8) is 0 Å². The maximum absolute atomic E-state index is 6.16. The minimum absolute atomic E-state index is 0.0311. The highest BCUT2D eigenvalue weighted by Gasteiger charge is 2.19. The fourth-order valence-corrected chi connectivity index (χ4v) is 2.73. The molecule has 0 fully saturated rings. The van der Waals surface area contributed by atoms with Gasteiger partial charge in [-0.2, -0.15) is 0 Å². The van der Waals surface area contributed by atoms with E-state index in [0.717, 1.165) is 13.0 Å². The second kappa shape index (κ2) is 7.24. The zero-order valence-electron chi connectivity index (χ0n) is 13.5. The molecule has 118 valence electrons. The van der Waals surface area contributed by atoms with Crippen LogP contribution in [0.3, 0.4) is 0 Å². The van der Waals surface area contributed by atoms with Gasteiger partial charge in [0.2, 0.25) is 0 Å². The van der Waals surface area contributed by atoms with Crippen molar-refractivity contribution < 1.29 is 0 Å². The van der Waals surface area contributed by atoms with Gasteiger partial charge in [0.15, 0.2) is 0 Å². The minimum atomic E-state index is -0.0311. The van der Waals surface area contributed by atoms with E-state index in [1.54, 1.807) is 6.92 Å². The number of hydrogen-bond acceptors (Lipinski definition) is 4. The summed E-state index contributed by atoms with van der Waals surface area (Å²) in [6.07, 6.45) is 0.844. The van der Waals surface area contributed by atoms with Crippen LogP contribution in [-0.4, -0.2) is 24.5 Å². The Kier molecular flexibility index (Phi) is 5.35. The molecule has 0 aromatic heterocycles. The molecular weight excluding hydrogens is 274 g/mol. The number of aryl methyl sites for hydroxylation is 1. The van der Waals surface area contributed by atoms with Crippen LogP contribution in [0.15, 0.2) is 41.5 Å². The number of hydrazine groups is 1. The van der Waals surface area contributed by atoms with Crippen LogP contribution in [-0.2, 0) is 0 Å². The maximum Gasteiger partial charge on any atom is 0.118 e.